The molecule has 0 aliphatic heterocycles. The highest BCUT2D eigenvalue weighted by Gasteiger charge is 2.13. The first-order valence-electron chi connectivity index (χ1n) is 6.34. The van der Waals surface area contributed by atoms with Gasteiger partial charge in [-0.15, -0.1) is 0 Å². The van der Waals surface area contributed by atoms with Crippen LogP contribution < -0.4 is 5.32 Å². The summed E-state index contributed by atoms with van der Waals surface area (Å²) in [6.45, 7) is 0. The highest BCUT2D eigenvalue weighted by molar-refractivity contribution is 6.33. The molecule has 0 saturated heterocycles. The summed E-state index contributed by atoms with van der Waals surface area (Å²) in [5.74, 6) is -0.443. The molecule has 0 aliphatic rings. The van der Waals surface area contributed by atoms with Gasteiger partial charge in [0, 0.05) is 24.3 Å². The Bertz CT molecular complexity index is 776. The highest BCUT2D eigenvalue weighted by atomic mass is 35.5. The van der Waals surface area contributed by atoms with Gasteiger partial charge in [-0.2, -0.15) is 0 Å². The average molecular weight is 336 g/mol. The summed E-state index contributed by atoms with van der Waals surface area (Å²) in [6.07, 6.45) is -0.0446. The van der Waals surface area contributed by atoms with Crippen molar-refractivity contribution >= 4 is 34.6 Å². The number of nitro benzene ring substituents is 2. The molecule has 9 heteroatoms. The first-order chi connectivity index (χ1) is 10.9. The Morgan fingerprint density at radius 1 is 1.00 bits per heavy atom. The van der Waals surface area contributed by atoms with Gasteiger partial charge >= 0.3 is 0 Å². The lowest BCUT2D eigenvalue weighted by atomic mass is 10.1. The summed E-state index contributed by atoms with van der Waals surface area (Å²) in [4.78, 5) is 32.1. The first kappa shape index (κ1) is 16.4. The van der Waals surface area contributed by atoms with Crippen LogP contribution >= 0.6 is 11.6 Å². The fourth-order valence-electron chi connectivity index (χ4n) is 1.84. The number of hydrogen-bond donors (Lipinski definition) is 1. The van der Waals surface area contributed by atoms with Gasteiger partial charge in [0.1, 0.15) is 0 Å². The number of anilines is 1. The minimum Gasteiger partial charge on any atom is -0.324 e. The molecule has 0 unspecified atom stereocenters. The van der Waals surface area contributed by atoms with Crippen molar-refractivity contribution < 1.29 is 14.6 Å². The summed E-state index contributed by atoms with van der Waals surface area (Å²) < 4.78 is 0. The third kappa shape index (κ3) is 4.24. The lowest BCUT2D eigenvalue weighted by Crippen LogP contribution is -2.14. The predicted octanol–water partition coefficient (Wildman–Crippen LogP) is 3.34. The van der Waals surface area contributed by atoms with E-state index in [1.165, 1.54) is 36.4 Å². The number of nitro groups is 2. The predicted molar refractivity (Wildman–Crippen MR) is 83.5 cm³/mol. The zero-order chi connectivity index (χ0) is 17.0. The molecule has 0 fully saturated rings. The number of amides is 1. The normalized spacial score (nSPS) is 10.1. The van der Waals surface area contributed by atoms with Gasteiger partial charge in [-0.05, 0) is 11.6 Å². The van der Waals surface area contributed by atoms with Crippen molar-refractivity contribution in [2.45, 2.75) is 6.42 Å². The number of hydrogen-bond acceptors (Lipinski definition) is 5. The van der Waals surface area contributed by atoms with Gasteiger partial charge in [-0.25, -0.2) is 0 Å². The molecule has 0 aromatic heterocycles. The maximum absolute atomic E-state index is 12.0. The first-order valence-corrected chi connectivity index (χ1v) is 6.72. The maximum Gasteiger partial charge on any atom is 0.271 e. The molecule has 8 nitrogen and oxygen atoms in total. The standard InChI is InChI=1S/C14H10ClN3O5/c15-12-6-5-11(18(22)23)8-13(12)16-14(19)7-9-1-3-10(4-2-9)17(20)21/h1-6,8H,7H2,(H,16,19). The van der Waals surface area contributed by atoms with Crippen LogP contribution in [0.15, 0.2) is 42.5 Å². The van der Waals surface area contributed by atoms with E-state index in [1.807, 2.05) is 0 Å². The van der Waals surface area contributed by atoms with E-state index >= 15 is 0 Å². The minimum atomic E-state index is -0.595. The lowest BCUT2D eigenvalue weighted by molar-refractivity contribution is -0.385. The summed E-state index contributed by atoms with van der Waals surface area (Å²) in [7, 11) is 0. The fraction of sp³-hybridized carbons (Fsp3) is 0.0714. The Kier molecular flexibility index (Phi) is 4.87. The minimum absolute atomic E-state index is 0.0446. The molecule has 0 atom stereocenters. The van der Waals surface area contributed by atoms with Crippen LogP contribution in [-0.2, 0) is 11.2 Å². The average Bonchev–Trinajstić information content (AvgIpc) is 2.49. The van der Waals surface area contributed by atoms with E-state index in [0.717, 1.165) is 6.07 Å². The van der Waals surface area contributed by atoms with Gasteiger partial charge in [0.2, 0.25) is 5.91 Å². The van der Waals surface area contributed by atoms with Crippen LogP contribution in [0.4, 0.5) is 17.1 Å². The molecule has 0 saturated carbocycles. The Hall–Kier alpha value is -3.00. The molecule has 0 spiro atoms. The molecule has 2 rings (SSSR count). The Morgan fingerprint density at radius 3 is 2.13 bits per heavy atom. The van der Waals surface area contributed by atoms with E-state index in [1.54, 1.807) is 0 Å². The van der Waals surface area contributed by atoms with Crippen LogP contribution in [0.5, 0.6) is 0 Å². The number of halogens is 1. The fourth-order valence-corrected chi connectivity index (χ4v) is 2.00. The summed E-state index contributed by atoms with van der Waals surface area (Å²) in [5.41, 5.74) is 0.429. The molecule has 1 N–H and O–H groups in total. The van der Waals surface area contributed by atoms with Crippen molar-refractivity contribution in [3.05, 3.63) is 73.3 Å². The van der Waals surface area contributed by atoms with Crippen molar-refractivity contribution in [1.29, 1.82) is 0 Å². The molecule has 118 valence electrons. The lowest BCUT2D eigenvalue weighted by Gasteiger charge is -2.07. The second-order valence-corrected chi connectivity index (χ2v) is 4.98. The van der Waals surface area contributed by atoms with Crippen molar-refractivity contribution in [2.24, 2.45) is 0 Å². The van der Waals surface area contributed by atoms with E-state index in [9.17, 15) is 25.0 Å². The number of nitrogens with zero attached hydrogens (tertiary/aromatic N) is 2. The molecular formula is C14H10ClN3O5. The summed E-state index contributed by atoms with van der Waals surface area (Å²) in [5, 5.41) is 23.9. The monoisotopic (exact) mass is 335 g/mol. The van der Waals surface area contributed by atoms with Gasteiger partial charge in [0.05, 0.1) is 27.0 Å². The van der Waals surface area contributed by atoms with Crippen LogP contribution in [0.1, 0.15) is 5.56 Å². The molecular weight excluding hydrogens is 326 g/mol. The van der Waals surface area contributed by atoms with E-state index in [0.29, 0.717) is 5.56 Å². The van der Waals surface area contributed by atoms with Crippen molar-refractivity contribution in [3.63, 3.8) is 0 Å². The second kappa shape index (κ2) is 6.84. The Balaban J connectivity index is 2.09. The van der Waals surface area contributed by atoms with Crippen LogP contribution in [0, 0.1) is 20.2 Å². The second-order valence-electron chi connectivity index (χ2n) is 4.57. The zero-order valence-electron chi connectivity index (χ0n) is 11.6. The van der Waals surface area contributed by atoms with Crippen LogP contribution in [0.25, 0.3) is 0 Å². The van der Waals surface area contributed by atoms with Crippen LogP contribution in [-0.4, -0.2) is 15.8 Å². The van der Waals surface area contributed by atoms with E-state index < -0.39 is 15.8 Å². The Morgan fingerprint density at radius 2 is 1.57 bits per heavy atom. The van der Waals surface area contributed by atoms with Gasteiger partial charge in [0.25, 0.3) is 11.4 Å². The number of rotatable bonds is 5. The molecule has 2 aromatic rings. The third-order valence-electron chi connectivity index (χ3n) is 2.95. The number of non-ortho nitro benzene ring substituents is 2. The zero-order valence-corrected chi connectivity index (χ0v) is 12.3. The smallest absolute Gasteiger partial charge is 0.271 e. The Labute approximate surface area is 135 Å². The van der Waals surface area contributed by atoms with Crippen molar-refractivity contribution in [2.75, 3.05) is 5.32 Å². The quantitative estimate of drug-likeness (QED) is 0.664. The molecule has 0 radical (unpaired) electrons. The van der Waals surface area contributed by atoms with Crippen LogP contribution in [0.2, 0.25) is 5.02 Å². The third-order valence-corrected chi connectivity index (χ3v) is 3.28. The number of benzene rings is 2. The molecule has 1 amide bonds. The highest BCUT2D eigenvalue weighted by Crippen LogP contribution is 2.26. The SMILES string of the molecule is O=C(Cc1ccc([N+](=O)[O-])cc1)Nc1cc([N+](=O)[O-])ccc1Cl. The maximum atomic E-state index is 12.0. The van der Waals surface area contributed by atoms with E-state index in [2.05, 4.69) is 5.32 Å². The van der Waals surface area contributed by atoms with E-state index in [4.69, 9.17) is 11.6 Å². The summed E-state index contributed by atoms with van der Waals surface area (Å²) >= 11 is 5.89. The number of nitrogens with one attached hydrogen (secondary N) is 1. The van der Waals surface area contributed by atoms with Gasteiger partial charge < -0.3 is 5.32 Å². The van der Waals surface area contributed by atoms with Gasteiger partial charge in [0.15, 0.2) is 0 Å². The van der Waals surface area contributed by atoms with Gasteiger partial charge in [-0.3, -0.25) is 25.0 Å². The summed E-state index contributed by atoms with van der Waals surface area (Å²) in [6, 6.07) is 9.23. The molecule has 2 aromatic carbocycles. The van der Waals surface area contributed by atoms with Crippen molar-refractivity contribution in [1.82, 2.24) is 0 Å². The topological polar surface area (TPSA) is 115 Å². The van der Waals surface area contributed by atoms with Crippen molar-refractivity contribution in [3.8, 4) is 0 Å². The number of carbonyl (C=O) groups excluding carboxylic acids is 1. The largest absolute Gasteiger partial charge is 0.324 e. The molecule has 23 heavy (non-hydrogen) atoms. The number of carbonyl (C=O) groups is 1. The molecule has 0 heterocycles. The molecule has 0 bridgehead atoms. The van der Waals surface area contributed by atoms with Gasteiger partial charge in [-0.1, -0.05) is 23.7 Å². The van der Waals surface area contributed by atoms with E-state index in [-0.39, 0.29) is 28.5 Å². The molecule has 0 aliphatic carbocycles. The van der Waals surface area contributed by atoms with Crippen LogP contribution in [0.3, 0.4) is 0 Å².